The average molecular weight is 566 g/mol. The molecule has 9 heteroatoms. The highest BCUT2D eigenvalue weighted by atomic mass is 32.1. The van der Waals surface area contributed by atoms with E-state index in [2.05, 4.69) is 10.3 Å². The summed E-state index contributed by atoms with van der Waals surface area (Å²) in [6.07, 6.45) is 0. The van der Waals surface area contributed by atoms with Gasteiger partial charge in [-0.15, -0.1) is 0 Å². The zero-order valence-corrected chi connectivity index (χ0v) is 23.5. The molecule has 1 N–H and O–H groups in total. The predicted octanol–water partition coefficient (Wildman–Crippen LogP) is 6.45. The third-order valence-electron chi connectivity index (χ3n) is 7.26. The van der Waals surface area contributed by atoms with E-state index in [9.17, 15) is 9.59 Å². The van der Waals surface area contributed by atoms with Crippen molar-refractivity contribution in [2.75, 3.05) is 31.5 Å². The lowest BCUT2D eigenvalue weighted by Gasteiger charge is -2.41. The van der Waals surface area contributed by atoms with E-state index >= 15 is 0 Å². The first-order chi connectivity index (χ1) is 20.0. The van der Waals surface area contributed by atoms with Crippen LogP contribution in [0.25, 0.3) is 10.2 Å². The Morgan fingerprint density at radius 2 is 1.46 bits per heavy atom. The number of carbonyl (C=O) groups is 2. The molecule has 2 heterocycles. The number of ether oxygens (including phenoxy) is 3. The van der Waals surface area contributed by atoms with Crippen molar-refractivity contribution in [3.05, 3.63) is 108 Å². The second kappa shape index (κ2) is 10.9. The first kappa shape index (κ1) is 26.3. The number of hydrogen-bond donors (Lipinski definition) is 1. The minimum atomic E-state index is -0.735. The van der Waals surface area contributed by atoms with E-state index in [0.29, 0.717) is 39.2 Å². The number of methoxy groups -OCH3 is 3. The summed E-state index contributed by atoms with van der Waals surface area (Å²) in [5.41, 5.74) is 3.33. The van der Waals surface area contributed by atoms with Crippen molar-refractivity contribution in [1.29, 1.82) is 0 Å². The molecule has 1 aromatic heterocycles. The molecule has 206 valence electrons. The number of thiazole rings is 1. The molecular weight excluding hydrogens is 538 g/mol. The van der Waals surface area contributed by atoms with Crippen LogP contribution in [-0.2, 0) is 4.79 Å². The van der Waals surface area contributed by atoms with Gasteiger partial charge in [-0.2, -0.15) is 0 Å². The molecule has 0 radical (unpaired) electrons. The van der Waals surface area contributed by atoms with Gasteiger partial charge in [0.05, 0.1) is 43.5 Å². The van der Waals surface area contributed by atoms with Gasteiger partial charge in [-0.1, -0.05) is 41.7 Å². The number of carbonyl (C=O) groups excluding carboxylic acids is 2. The summed E-state index contributed by atoms with van der Waals surface area (Å²) in [5.74, 6) is 0.868. The maximum Gasteiger partial charge on any atom is 0.259 e. The quantitative estimate of drug-likeness (QED) is 0.244. The summed E-state index contributed by atoms with van der Waals surface area (Å²) in [5, 5.41) is 3.52. The van der Waals surface area contributed by atoms with Crippen molar-refractivity contribution in [3.63, 3.8) is 0 Å². The highest BCUT2D eigenvalue weighted by molar-refractivity contribution is 7.22. The Bertz CT molecular complexity index is 1730. The fourth-order valence-corrected chi connectivity index (χ4v) is 6.15. The summed E-state index contributed by atoms with van der Waals surface area (Å²) in [7, 11) is 4.80. The smallest absolute Gasteiger partial charge is 0.259 e. The topological polar surface area (TPSA) is 90.0 Å². The SMILES string of the molecule is COc1ccc([C@@H]2[C@@H](C(=O)Nc3nc4ccc(OC)cc4s3)c3ccccc3C(=O)N2c2ccc(OC)cc2)cc1. The van der Waals surface area contributed by atoms with Crippen LogP contribution in [0.2, 0.25) is 0 Å². The van der Waals surface area contributed by atoms with Crippen LogP contribution in [0.5, 0.6) is 17.2 Å². The monoisotopic (exact) mass is 565 g/mol. The Labute approximate surface area is 241 Å². The number of nitrogens with one attached hydrogen (secondary N) is 1. The molecule has 0 aliphatic carbocycles. The lowest BCUT2D eigenvalue weighted by atomic mass is 9.79. The van der Waals surface area contributed by atoms with Crippen LogP contribution < -0.4 is 24.4 Å². The molecule has 4 aromatic carbocycles. The van der Waals surface area contributed by atoms with Crippen molar-refractivity contribution in [1.82, 2.24) is 4.98 Å². The molecule has 0 fully saturated rings. The molecule has 6 rings (SSSR count). The van der Waals surface area contributed by atoms with Crippen molar-refractivity contribution >= 4 is 44.2 Å². The number of rotatable bonds is 7. The lowest BCUT2D eigenvalue weighted by molar-refractivity contribution is -0.118. The van der Waals surface area contributed by atoms with Gasteiger partial charge in [-0.05, 0) is 71.8 Å². The fourth-order valence-electron chi connectivity index (χ4n) is 5.25. The van der Waals surface area contributed by atoms with Gasteiger partial charge >= 0.3 is 0 Å². The molecular formula is C32H27N3O5S. The first-order valence-corrected chi connectivity index (χ1v) is 13.8. The van der Waals surface area contributed by atoms with E-state index in [0.717, 1.165) is 15.8 Å². The van der Waals surface area contributed by atoms with Gasteiger partial charge in [-0.3, -0.25) is 14.5 Å². The molecule has 41 heavy (non-hydrogen) atoms. The maximum absolute atomic E-state index is 14.3. The third kappa shape index (κ3) is 4.85. The van der Waals surface area contributed by atoms with Crippen molar-refractivity contribution < 1.29 is 23.8 Å². The summed E-state index contributed by atoms with van der Waals surface area (Å²) in [6.45, 7) is 0. The number of aromatic nitrogens is 1. The Morgan fingerprint density at radius 3 is 2.15 bits per heavy atom. The van der Waals surface area contributed by atoms with Gasteiger partial charge in [0.1, 0.15) is 17.2 Å². The number of nitrogens with zero attached hydrogens (tertiary/aromatic N) is 2. The normalized spacial score (nSPS) is 16.3. The third-order valence-corrected chi connectivity index (χ3v) is 8.19. The Balaban J connectivity index is 1.48. The van der Waals surface area contributed by atoms with Crippen LogP contribution in [0.1, 0.15) is 33.4 Å². The molecule has 8 nitrogen and oxygen atoms in total. The standard InChI is InChI=1S/C32H27N3O5S/c1-38-21-12-8-19(9-13-21)29-28(30(36)34-32-33-26-17-16-23(40-3)18-27(26)41-32)24-6-4-5-7-25(24)31(37)35(29)20-10-14-22(39-2)15-11-20/h4-18,28-29H,1-3H3,(H,33,34,36)/t28-,29+/m0/s1. The molecule has 0 saturated carbocycles. The van der Waals surface area contributed by atoms with Crippen LogP contribution in [0.4, 0.5) is 10.8 Å². The number of benzene rings is 4. The van der Waals surface area contributed by atoms with E-state index in [1.54, 1.807) is 44.4 Å². The Hall–Kier alpha value is -4.89. The van der Waals surface area contributed by atoms with Crippen LogP contribution in [0, 0.1) is 0 Å². The Morgan fingerprint density at radius 1 is 0.829 bits per heavy atom. The second-order valence-corrected chi connectivity index (χ2v) is 10.5. The molecule has 1 aliphatic heterocycles. The van der Waals surface area contributed by atoms with Gasteiger partial charge in [0.25, 0.3) is 5.91 Å². The van der Waals surface area contributed by atoms with Gasteiger partial charge in [0.2, 0.25) is 5.91 Å². The lowest BCUT2D eigenvalue weighted by Crippen LogP contribution is -2.46. The zero-order chi connectivity index (χ0) is 28.5. The van der Waals surface area contributed by atoms with Crippen LogP contribution in [-0.4, -0.2) is 38.1 Å². The minimum absolute atomic E-state index is 0.192. The summed E-state index contributed by atoms with van der Waals surface area (Å²) in [6, 6.07) is 27.0. The summed E-state index contributed by atoms with van der Waals surface area (Å²) < 4.78 is 17.0. The molecule has 0 spiro atoms. The molecule has 2 atom stereocenters. The van der Waals surface area contributed by atoms with E-state index in [4.69, 9.17) is 14.2 Å². The van der Waals surface area contributed by atoms with Crippen molar-refractivity contribution in [2.24, 2.45) is 0 Å². The fraction of sp³-hybridized carbons (Fsp3) is 0.156. The van der Waals surface area contributed by atoms with Crippen molar-refractivity contribution in [2.45, 2.75) is 12.0 Å². The number of amides is 2. The summed E-state index contributed by atoms with van der Waals surface area (Å²) >= 11 is 1.37. The highest BCUT2D eigenvalue weighted by Gasteiger charge is 2.45. The van der Waals surface area contributed by atoms with E-state index in [-0.39, 0.29) is 11.8 Å². The number of hydrogen-bond acceptors (Lipinski definition) is 7. The van der Waals surface area contributed by atoms with Crippen molar-refractivity contribution in [3.8, 4) is 17.2 Å². The first-order valence-electron chi connectivity index (χ1n) is 13.0. The van der Waals surface area contributed by atoms with Gasteiger partial charge in [0, 0.05) is 11.3 Å². The van der Waals surface area contributed by atoms with Gasteiger partial charge in [0.15, 0.2) is 5.13 Å². The largest absolute Gasteiger partial charge is 0.497 e. The highest BCUT2D eigenvalue weighted by Crippen LogP contribution is 2.46. The predicted molar refractivity (Wildman–Crippen MR) is 160 cm³/mol. The number of anilines is 2. The average Bonchev–Trinajstić information content (AvgIpc) is 3.42. The maximum atomic E-state index is 14.3. The second-order valence-electron chi connectivity index (χ2n) is 9.50. The Kier molecular flexibility index (Phi) is 7.03. The number of fused-ring (bicyclic) bond motifs is 2. The van der Waals surface area contributed by atoms with E-state index < -0.39 is 12.0 Å². The molecule has 1 aliphatic rings. The molecule has 0 unspecified atom stereocenters. The van der Waals surface area contributed by atoms with Crippen LogP contribution in [0.3, 0.4) is 0 Å². The van der Waals surface area contributed by atoms with E-state index in [1.807, 2.05) is 72.8 Å². The molecule has 5 aromatic rings. The van der Waals surface area contributed by atoms with Gasteiger partial charge in [-0.25, -0.2) is 4.98 Å². The zero-order valence-electron chi connectivity index (χ0n) is 22.7. The van der Waals surface area contributed by atoms with Gasteiger partial charge < -0.3 is 19.5 Å². The molecule has 0 saturated heterocycles. The minimum Gasteiger partial charge on any atom is -0.497 e. The summed E-state index contributed by atoms with van der Waals surface area (Å²) in [4.78, 5) is 34.7. The molecule has 2 amide bonds. The van der Waals surface area contributed by atoms with Crippen LogP contribution >= 0.6 is 11.3 Å². The van der Waals surface area contributed by atoms with E-state index in [1.165, 1.54) is 11.3 Å². The van der Waals surface area contributed by atoms with Crippen LogP contribution in [0.15, 0.2) is 91.0 Å². The molecule has 0 bridgehead atoms.